The average Bonchev–Trinajstić information content (AvgIpc) is 3.52. The molecule has 1 aliphatic heterocycles. The predicted octanol–water partition coefficient (Wildman–Crippen LogP) is 3.32. The standard InChI is InChI=1S/C35H48N4O6/c1-6-11-25(30(40)32(42)36-16-7-2)37-31(41)29-27-24(35(27,4)5)19-39(29)33(43)28(23-17-21-13-8-9-14-22(21)18-23)38-34(44)45-26-15-10-12-20(26)3/h7-9,13-14,20,23-29H,2,6,10-12,15-19H2,1,3-5H3,(H,36,42)(H,37,41)(H,38,44)/t20-,24?,25?,26+,27?,28-,29-/m0/s1. The number of nitrogens with one attached hydrogen (secondary N) is 3. The second kappa shape index (κ2) is 13.3. The molecule has 2 saturated carbocycles. The van der Waals surface area contributed by atoms with Crippen molar-refractivity contribution in [3.05, 3.63) is 48.0 Å². The molecule has 10 heteroatoms. The van der Waals surface area contributed by atoms with E-state index in [1.165, 1.54) is 6.08 Å². The Kier molecular flexibility index (Phi) is 9.70. The van der Waals surface area contributed by atoms with Crippen LogP contribution in [-0.4, -0.2) is 71.8 Å². The lowest BCUT2D eigenvalue weighted by Gasteiger charge is -2.35. The number of carbonyl (C=O) groups excluding carboxylic acids is 5. The number of benzene rings is 1. The van der Waals surface area contributed by atoms with Crippen LogP contribution in [0.25, 0.3) is 0 Å². The highest BCUT2D eigenvalue weighted by molar-refractivity contribution is 6.38. The number of carbonyl (C=O) groups is 5. The minimum Gasteiger partial charge on any atom is -0.446 e. The van der Waals surface area contributed by atoms with Crippen molar-refractivity contribution < 1.29 is 28.7 Å². The number of ketones is 1. The quantitative estimate of drug-likeness (QED) is 0.243. The van der Waals surface area contributed by atoms with Crippen LogP contribution < -0.4 is 16.0 Å². The molecule has 0 aromatic heterocycles. The first kappa shape index (κ1) is 32.7. The number of rotatable bonds is 12. The van der Waals surface area contributed by atoms with Crippen molar-refractivity contribution in [2.45, 2.75) is 96.9 Å². The van der Waals surface area contributed by atoms with Gasteiger partial charge in [-0.2, -0.15) is 0 Å². The summed E-state index contributed by atoms with van der Waals surface area (Å²) in [5.74, 6) is -2.17. The Hall–Kier alpha value is -3.69. The first-order valence-electron chi connectivity index (χ1n) is 16.6. The molecule has 244 valence electrons. The first-order chi connectivity index (χ1) is 21.5. The number of fused-ring (bicyclic) bond motifs is 2. The highest BCUT2D eigenvalue weighted by Crippen LogP contribution is 2.65. The monoisotopic (exact) mass is 620 g/mol. The Bertz CT molecular complexity index is 1320. The van der Waals surface area contributed by atoms with E-state index in [0.29, 0.717) is 32.2 Å². The third-order valence-corrected chi connectivity index (χ3v) is 10.7. The van der Waals surface area contributed by atoms with Crippen molar-refractivity contribution in [1.29, 1.82) is 0 Å². The van der Waals surface area contributed by atoms with Gasteiger partial charge in [-0.1, -0.05) is 64.5 Å². The van der Waals surface area contributed by atoms with Crippen LogP contribution >= 0.6 is 0 Å². The molecule has 3 aliphatic carbocycles. The van der Waals surface area contributed by atoms with Crippen molar-refractivity contribution in [1.82, 2.24) is 20.9 Å². The van der Waals surface area contributed by atoms with E-state index in [-0.39, 0.29) is 47.6 Å². The van der Waals surface area contributed by atoms with E-state index in [1.807, 2.05) is 19.1 Å². The molecule has 0 radical (unpaired) electrons. The number of piperidine rings is 1. The zero-order chi connectivity index (χ0) is 32.5. The maximum absolute atomic E-state index is 14.5. The molecule has 3 unspecified atom stereocenters. The van der Waals surface area contributed by atoms with Crippen LogP contribution in [0.3, 0.4) is 0 Å². The molecule has 1 heterocycles. The van der Waals surface area contributed by atoms with Gasteiger partial charge in [-0.25, -0.2) is 4.79 Å². The Balaban J connectivity index is 1.37. The number of amides is 4. The third-order valence-electron chi connectivity index (χ3n) is 10.7. The second-order valence-electron chi connectivity index (χ2n) is 14.0. The predicted molar refractivity (Wildman–Crippen MR) is 169 cm³/mol. The molecule has 3 N–H and O–H groups in total. The van der Waals surface area contributed by atoms with Gasteiger partial charge >= 0.3 is 6.09 Å². The highest BCUT2D eigenvalue weighted by Gasteiger charge is 2.69. The van der Waals surface area contributed by atoms with Gasteiger partial charge in [0.1, 0.15) is 18.2 Å². The molecule has 45 heavy (non-hydrogen) atoms. The van der Waals surface area contributed by atoms with Crippen molar-refractivity contribution in [3.63, 3.8) is 0 Å². The SMILES string of the molecule is C=CCNC(=O)C(=O)C(CCC)NC(=O)[C@@H]1C2C(CN1C(=O)[C@@H](NC(=O)O[C@@H]1CCC[C@@H]1C)C1Cc3ccccc3C1)C2(C)C. The topological polar surface area (TPSA) is 134 Å². The van der Waals surface area contributed by atoms with E-state index < -0.39 is 41.8 Å². The lowest BCUT2D eigenvalue weighted by atomic mass is 9.93. The minimum atomic E-state index is -1.01. The Morgan fingerprint density at radius 2 is 1.78 bits per heavy atom. The van der Waals surface area contributed by atoms with Crippen LogP contribution in [0.1, 0.15) is 70.9 Å². The summed E-state index contributed by atoms with van der Waals surface area (Å²) in [5, 5.41) is 8.27. The van der Waals surface area contributed by atoms with Gasteiger partial charge in [0.2, 0.25) is 17.6 Å². The van der Waals surface area contributed by atoms with Gasteiger partial charge in [-0.05, 0) is 78.7 Å². The molecule has 3 fully saturated rings. The molecular formula is C35H48N4O6. The van der Waals surface area contributed by atoms with Crippen LogP contribution in [0.5, 0.6) is 0 Å². The molecule has 4 amide bonds. The minimum absolute atomic E-state index is 0.0962. The number of nitrogens with zero attached hydrogens (tertiary/aromatic N) is 1. The maximum atomic E-state index is 14.5. The van der Waals surface area contributed by atoms with Crippen LogP contribution in [0.2, 0.25) is 0 Å². The summed E-state index contributed by atoms with van der Waals surface area (Å²) in [6, 6.07) is 5.35. The number of hydrogen-bond donors (Lipinski definition) is 3. The third kappa shape index (κ3) is 6.65. The molecule has 7 atom stereocenters. The fraction of sp³-hybridized carbons (Fsp3) is 0.629. The van der Waals surface area contributed by atoms with Gasteiger partial charge in [0.15, 0.2) is 0 Å². The average molecular weight is 621 g/mol. The normalized spacial score (nSPS) is 27.5. The number of ether oxygens (including phenoxy) is 1. The van der Waals surface area contributed by atoms with Gasteiger partial charge in [0.25, 0.3) is 5.91 Å². The van der Waals surface area contributed by atoms with Gasteiger partial charge in [0.05, 0.1) is 6.04 Å². The van der Waals surface area contributed by atoms with Gasteiger partial charge in [-0.3, -0.25) is 19.2 Å². The highest BCUT2D eigenvalue weighted by atomic mass is 16.6. The number of likely N-dealkylation sites (tertiary alicyclic amines) is 1. The number of Topliss-reactive ketones (excluding diaryl/α,β-unsaturated/α-hetero) is 1. The Morgan fingerprint density at radius 3 is 2.38 bits per heavy atom. The summed E-state index contributed by atoms with van der Waals surface area (Å²) >= 11 is 0. The maximum Gasteiger partial charge on any atom is 0.408 e. The van der Waals surface area contributed by atoms with Crippen molar-refractivity contribution in [3.8, 4) is 0 Å². The molecular weight excluding hydrogens is 572 g/mol. The summed E-state index contributed by atoms with van der Waals surface area (Å²) in [7, 11) is 0. The van der Waals surface area contributed by atoms with E-state index in [1.54, 1.807) is 4.90 Å². The fourth-order valence-electron chi connectivity index (χ4n) is 8.01. The van der Waals surface area contributed by atoms with Crippen LogP contribution in [0, 0.1) is 29.1 Å². The zero-order valence-corrected chi connectivity index (χ0v) is 27.0. The summed E-state index contributed by atoms with van der Waals surface area (Å²) in [6.07, 6.45) is 5.62. The first-order valence-corrected chi connectivity index (χ1v) is 16.6. The lowest BCUT2D eigenvalue weighted by molar-refractivity contribution is -0.144. The largest absolute Gasteiger partial charge is 0.446 e. The molecule has 0 spiro atoms. The van der Waals surface area contributed by atoms with Crippen LogP contribution in [0.4, 0.5) is 4.79 Å². The Labute approximate surface area is 266 Å². The molecule has 1 saturated heterocycles. The number of hydrogen-bond acceptors (Lipinski definition) is 6. The molecule has 1 aromatic carbocycles. The number of alkyl carbamates (subject to hydrolysis) is 1. The summed E-state index contributed by atoms with van der Waals surface area (Å²) in [5.41, 5.74) is 2.14. The molecule has 10 nitrogen and oxygen atoms in total. The van der Waals surface area contributed by atoms with Crippen LogP contribution in [-0.2, 0) is 36.8 Å². The van der Waals surface area contributed by atoms with Crippen LogP contribution in [0.15, 0.2) is 36.9 Å². The molecule has 1 aromatic rings. The fourth-order valence-corrected chi connectivity index (χ4v) is 8.01. The van der Waals surface area contributed by atoms with E-state index in [4.69, 9.17) is 4.74 Å². The van der Waals surface area contributed by atoms with E-state index in [0.717, 1.165) is 30.4 Å². The molecule has 4 aliphatic rings. The smallest absolute Gasteiger partial charge is 0.408 e. The van der Waals surface area contributed by atoms with Gasteiger partial charge in [0, 0.05) is 13.1 Å². The zero-order valence-electron chi connectivity index (χ0n) is 27.0. The summed E-state index contributed by atoms with van der Waals surface area (Å²) in [4.78, 5) is 68.9. The van der Waals surface area contributed by atoms with Gasteiger partial charge < -0.3 is 25.6 Å². The van der Waals surface area contributed by atoms with Crippen molar-refractivity contribution in [2.24, 2.45) is 29.1 Å². The van der Waals surface area contributed by atoms with Crippen molar-refractivity contribution >= 4 is 29.6 Å². The van der Waals surface area contributed by atoms with E-state index in [9.17, 15) is 24.0 Å². The van der Waals surface area contributed by atoms with E-state index >= 15 is 0 Å². The Morgan fingerprint density at radius 1 is 1.09 bits per heavy atom. The molecule has 0 bridgehead atoms. The summed E-state index contributed by atoms with van der Waals surface area (Å²) in [6.45, 7) is 12.2. The van der Waals surface area contributed by atoms with Gasteiger partial charge in [-0.15, -0.1) is 6.58 Å². The summed E-state index contributed by atoms with van der Waals surface area (Å²) < 4.78 is 5.82. The lowest BCUT2D eigenvalue weighted by Crippen LogP contribution is -2.59. The van der Waals surface area contributed by atoms with E-state index in [2.05, 4.69) is 55.4 Å². The van der Waals surface area contributed by atoms with Crippen molar-refractivity contribution in [2.75, 3.05) is 13.1 Å². The molecule has 5 rings (SSSR count). The second-order valence-corrected chi connectivity index (χ2v) is 14.0.